The van der Waals surface area contributed by atoms with Gasteiger partial charge >= 0.3 is 0 Å². The monoisotopic (exact) mass is 537 g/mol. The SMILES string of the molecule is CC(C)(C)CC(=O)Nc1cncc(-c2ccc3[nH]nc(-c4nc5c(-c6ccc(F)cc6)nccc5[nH]4)c3c2F)c1. The minimum absolute atomic E-state index is 0.140. The van der Waals surface area contributed by atoms with Gasteiger partial charge in [0.1, 0.15) is 22.8 Å². The largest absolute Gasteiger partial charge is 0.336 e. The number of pyridine rings is 2. The number of halogens is 2. The molecule has 6 rings (SSSR count). The van der Waals surface area contributed by atoms with E-state index < -0.39 is 5.82 Å². The number of imidazole rings is 1. The zero-order valence-corrected chi connectivity index (χ0v) is 22.0. The molecule has 4 heterocycles. The Morgan fingerprint density at radius 1 is 0.950 bits per heavy atom. The van der Waals surface area contributed by atoms with Crippen molar-refractivity contribution in [3.05, 3.63) is 78.8 Å². The first-order chi connectivity index (χ1) is 19.2. The first kappa shape index (κ1) is 25.3. The molecule has 3 N–H and O–H groups in total. The Kier molecular flexibility index (Phi) is 6.10. The average Bonchev–Trinajstić information content (AvgIpc) is 3.53. The molecular formula is C30H25F2N7O. The highest BCUT2D eigenvalue weighted by molar-refractivity contribution is 5.98. The van der Waals surface area contributed by atoms with Gasteiger partial charge < -0.3 is 10.3 Å². The van der Waals surface area contributed by atoms with Crippen LogP contribution in [0.15, 0.2) is 67.1 Å². The van der Waals surface area contributed by atoms with Gasteiger partial charge in [0.15, 0.2) is 5.82 Å². The van der Waals surface area contributed by atoms with Crippen molar-refractivity contribution in [2.24, 2.45) is 5.41 Å². The number of rotatable bonds is 5. The minimum atomic E-state index is -0.501. The molecule has 40 heavy (non-hydrogen) atoms. The summed E-state index contributed by atoms with van der Waals surface area (Å²) in [6, 6.07) is 12.8. The van der Waals surface area contributed by atoms with Crippen LogP contribution in [0.4, 0.5) is 14.5 Å². The molecule has 0 saturated heterocycles. The summed E-state index contributed by atoms with van der Waals surface area (Å²) in [6.45, 7) is 5.95. The highest BCUT2D eigenvalue weighted by Crippen LogP contribution is 2.35. The third-order valence-corrected chi connectivity index (χ3v) is 6.43. The number of amides is 1. The Hall–Kier alpha value is -4.99. The smallest absolute Gasteiger partial charge is 0.224 e. The summed E-state index contributed by atoms with van der Waals surface area (Å²) >= 11 is 0. The van der Waals surface area contributed by atoms with Crippen LogP contribution in [-0.2, 0) is 4.79 Å². The Morgan fingerprint density at radius 2 is 1.75 bits per heavy atom. The highest BCUT2D eigenvalue weighted by atomic mass is 19.1. The van der Waals surface area contributed by atoms with Crippen LogP contribution in [0.2, 0.25) is 0 Å². The van der Waals surface area contributed by atoms with Gasteiger partial charge in [0.05, 0.1) is 34.0 Å². The number of carbonyl (C=O) groups is 1. The van der Waals surface area contributed by atoms with E-state index in [1.54, 1.807) is 48.8 Å². The van der Waals surface area contributed by atoms with Gasteiger partial charge in [-0.15, -0.1) is 0 Å². The number of hydrogen-bond donors (Lipinski definition) is 3. The molecule has 0 fully saturated rings. The molecule has 0 saturated carbocycles. The zero-order valence-electron chi connectivity index (χ0n) is 22.0. The quantitative estimate of drug-likeness (QED) is 0.222. The summed E-state index contributed by atoms with van der Waals surface area (Å²) in [7, 11) is 0. The molecule has 0 atom stereocenters. The van der Waals surface area contributed by atoms with Crippen molar-refractivity contribution in [2.75, 3.05) is 5.32 Å². The number of nitrogens with zero attached hydrogens (tertiary/aromatic N) is 4. The maximum atomic E-state index is 16.1. The lowest BCUT2D eigenvalue weighted by atomic mass is 9.92. The molecule has 4 aromatic heterocycles. The Balaban J connectivity index is 1.40. The number of nitrogens with one attached hydrogen (secondary N) is 3. The standard InChI is InChI=1S/C30H25F2N7O/c1-30(2,3)13-23(40)35-19-12-17(14-33-15-19)20-8-9-21-24(25(20)32)28(39-38-21)29-36-22-10-11-34-26(27(22)37-29)16-4-6-18(31)7-5-16/h4-12,14-15H,13H2,1-3H3,(H,35,40)(H,36,37)(H,38,39). The van der Waals surface area contributed by atoms with Gasteiger partial charge in [-0.2, -0.15) is 5.10 Å². The van der Waals surface area contributed by atoms with E-state index in [1.807, 2.05) is 20.8 Å². The topological polar surface area (TPSA) is 112 Å². The van der Waals surface area contributed by atoms with Crippen molar-refractivity contribution in [1.82, 2.24) is 30.1 Å². The van der Waals surface area contributed by atoms with Crippen LogP contribution in [0.3, 0.4) is 0 Å². The second kappa shape index (κ2) is 9.64. The van der Waals surface area contributed by atoms with Gasteiger partial charge in [0.2, 0.25) is 5.91 Å². The van der Waals surface area contributed by atoms with Gasteiger partial charge in [-0.05, 0) is 53.9 Å². The molecule has 0 aliphatic carbocycles. The van der Waals surface area contributed by atoms with E-state index in [4.69, 9.17) is 4.98 Å². The molecule has 0 aliphatic rings. The zero-order chi connectivity index (χ0) is 28.0. The maximum Gasteiger partial charge on any atom is 0.224 e. The summed E-state index contributed by atoms with van der Waals surface area (Å²) in [4.78, 5) is 29.0. The van der Waals surface area contributed by atoms with Crippen molar-refractivity contribution in [3.8, 4) is 33.9 Å². The number of aromatic nitrogens is 6. The van der Waals surface area contributed by atoms with Crippen molar-refractivity contribution < 1.29 is 13.6 Å². The molecule has 0 aliphatic heterocycles. The van der Waals surface area contributed by atoms with Crippen LogP contribution in [0, 0.1) is 17.0 Å². The van der Waals surface area contributed by atoms with Crippen LogP contribution in [0.5, 0.6) is 0 Å². The lowest BCUT2D eigenvalue weighted by Gasteiger charge is -2.17. The number of aromatic amines is 2. The molecule has 8 nitrogen and oxygen atoms in total. The van der Waals surface area contributed by atoms with Crippen LogP contribution < -0.4 is 5.32 Å². The summed E-state index contributed by atoms with van der Waals surface area (Å²) in [6.07, 6.45) is 5.05. The maximum absolute atomic E-state index is 16.1. The van der Waals surface area contributed by atoms with Gasteiger partial charge in [0, 0.05) is 35.5 Å². The Bertz CT molecular complexity index is 1880. The second-order valence-electron chi connectivity index (χ2n) is 10.8. The van der Waals surface area contributed by atoms with Crippen molar-refractivity contribution >= 4 is 33.5 Å². The normalized spacial score (nSPS) is 11.8. The second-order valence-corrected chi connectivity index (χ2v) is 10.8. The first-order valence-electron chi connectivity index (χ1n) is 12.7. The molecule has 0 bridgehead atoms. The number of carbonyl (C=O) groups excluding carboxylic acids is 1. The summed E-state index contributed by atoms with van der Waals surface area (Å²) in [5, 5.41) is 10.4. The van der Waals surface area contributed by atoms with Gasteiger partial charge in [-0.25, -0.2) is 13.8 Å². The van der Waals surface area contributed by atoms with E-state index in [1.165, 1.54) is 18.3 Å². The molecule has 0 spiro atoms. The van der Waals surface area contributed by atoms with Crippen LogP contribution >= 0.6 is 0 Å². The van der Waals surface area contributed by atoms with E-state index >= 15 is 4.39 Å². The minimum Gasteiger partial charge on any atom is -0.336 e. The van der Waals surface area contributed by atoms with E-state index in [9.17, 15) is 9.18 Å². The lowest BCUT2D eigenvalue weighted by molar-refractivity contribution is -0.117. The molecule has 6 aromatic rings. The predicted molar refractivity (Wildman–Crippen MR) is 150 cm³/mol. The Morgan fingerprint density at radius 3 is 2.52 bits per heavy atom. The molecule has 1 amide bonds. The van der Waals surface area contributed by atoms with Crippen LogP contribution in [0.25, 0.3) is 55.8 Å². The van der Waals surface area contributed by atoms with E-state index in [0.717, 1.165) is 0 Å². The summed E-state index contributed by atoms with van der Waals surface area (Å²) in [5.74, 6) is -0.631. The molecule has 0 unspecified atom stereocenters. The molecular weight excluding hydrogens is 512 g/mol. The van der Waals surface area contributed by atoms with Gasteiger partial charge in [-0.1, -0.05) is 20.8 Å². The van der Waals surface area contributed by atoms with Gasteiger partial charge in [0.25, 0.3) is 0 Å². The number of anilines is 1. The summed E-state index contributed by atoms with van der Waals surface area (Å²) in [5.41, 5.74) is 4.43. The molecule has 200 valence electrons. The number of H-pyrrole nitrogens is 2. The fourth-order valence-corrected chi connectivity index (χ4v) is 4.68. The fourth-order valence-electron chi connectivity index (χ4n) is 4.68. The van der Waals surface area contributed by atoms with Crippen molar-refractivity contribution in [3.63, 3.8) is 0 Å². The lowest BCUT2D eigenvalue weighted by Crippen LogP contribution is -2.19. The van der Waals surface area contributed by atoms with E-state index in [2.05, 4.69) is 30.5 Å². The molecule has 10 heteroatoms. The van der Waals surface area contributed by atoms with Gasteiger partial charge in [-0.3, -0.25) is 19.9 Å². The Labute approximate surface area is 227 Å². The van der Waals surface area contributed by atoms with E-state index in [-0.39, 0.29) is 22.5 Å². The van der Waals surface area contributed by atoms with E-state index in [0.29, 0.717) is 62.6 Å². The van der Waals surface area contributed by atoms with Crippen molar-refractivity contribution in [1.29, 1.82) is 0 Å². The third-order valence-electron chi connectivity index (χ3n) is 6.43. The highest BCUT2D eigenvalue weighted by Gasteiger charge is 2.21. The number of fused-ring (bicyclic) bond motifs is 2. The number of hydrogen-bond acceptors (Lipinski definition) is 5. The summed E-state index contributed by atoms with van der Waals surface area (Å²) < 4.78 is 29.6. The molecule has 0 radical (unpaired) electrons. The third kappa shape index (κ3) is 4.79. The van der Waals surface area contributed by atoms with Crippen LogP contribution in [-0.4, -0.2) is 36.0 Å². The number of benzene rings is 2. The van der Waals surface area contributed by atoms with Crippen LogP contribution in [0.1, 0.15) is 27.2 Å². The predicted octanol–water partition coefficient (Wildman–Crippen LogP) is 6.88. The first-order valence-corrected chi connectivity index (χ1v) is 12.7. The molecule has 2 aromatic carbocycles. The average molecular weight is 538 g/mol. The fraction of sp³-hybridized carbons (Fsp3) is 0.167. The van der Waals surface area contributed by atoms with Crippen molar-refractivity contribution in [2.45, 2.75) is 27.2 Å².